The topological polar surface area (TPSA) is 70.7 Å². The zero-order chi connectivity index (χ0) is 10.1. The second-order valence-electron chi connectivity index (χ2n) is 2.70. The highest BCUT2D eigenvalue weighted by atomic mass is 35.5. The van der Waals surface area contributed by atoms with Crippen molar-refractivity contribution in [2.75, 3.05) is 7.05 Å². The number of aromatic nitrogens is 3. The zero-order valence-electron chi connectivity index (χ0n) is 7.34. The third-order valence-corrected chi connectivity index (χ3v) is 2.29. The van der Waals surface area contributed by atoms with Crippen molar-refractivity contribution in [1.82, 2.24) is 20.5 Å². The average molecular weight is 211 g/mol. The summed E-state index contributed by atoms with van der Waals surface area (Å²) in [7, 11) is 1.54. The van der Waals surface area contributed by atoms with E-state index in [0.717, 1.165) is 0 Å². The van der Waals surface area contributed by atoms with Gasteiger partial charge in [0.2, 0.25) is 0 Å². The lowest BCUT2D eigenvalue weighted by Crippen LogP contribution is -2.18. The minimum Gasteiger partial charge on any atom is -0.355 e. The molecule has 5 nitrogen and oxygen atoms in total. The number of H-pyrrole nitrogens is 1. The summed E-state index contributed by atoms with van der Waals surface area (Å²) in [4.78, 5) is 15.3. The number of aromatic amines is 1. The number of hydrogen-bond acceptors (Lipinski definition) is 3. The van der Waals surface area contributed by atoms with Gasteiger partial charge in [0, 0.05) is 13.2 Å². The first-order valence-corrected chi connectivity index (χ1v) is 4.31. The highest BCUT2D eigenvalue weighted by Crippen LogP contribution is 2.23. The summed E-state index contributed by atoms with van der Waals surface area (Å²) in [5.41, 5.74) is 0.922. The number of halogens is 1. The fourth-order valence-corrected chi connectivity index (χ4v) is 1.44. The Labute approximate surface area is 84.5 Å². The lowest BCUT2D eigenvalue weighted by Gasteiger charge is -2.01. The Balaban J connectivity index is 2.67. The lowest BCUT2D eigenvalue weighted by molar-refractivity contribution is 0.0963. The molecule has 2 aromatic heterocycles. The third kappa shape index (κ3) is 1.22. The van der Waals surface area contributed by atoms with E-state index in [1.807, 2.05) is 0 Å². The monoisotopic (exact) mass is 210 g/mol. The minimum atomic E-state index is -0.259. The molecule has 14 heavy (non-hydrogen) atoms. The first kappa shape index (κ1) is 8.96. The molecule has 0 aromatic carbocycles. The van der Waals surface area contributed by atoms with Gasteiger partial charge in [-0.05, 0) is 0 Å². The summed E-state index contributed by atoms with van der Waals surface area (Å²) in [5, 5.41) is 9.95. The Morgan fingerprint density at radius 1 is 1.57 bits per heavy atom. The molecule has 0 aliphatic heterocycles. The number of pyridine rings is 1. The van der Waals surface area contributed by atoms with Crippen molar-refractivity contribution in [2.24, 2.45) is 0 Å². The van der Waals surface area contributed by atoms with Crippen molar-refractivity contribution >= 4 is 28.5 Å². The van der Waals surface area contributed by atoms with Gasteiger partial charge in [-0.1, -0.05) is 11.6 Å². The van der Waals surface area contributed by atoms with Crippen molar-refractivity contribution in [3.63, 3.8) is 0 Å². The molecule has 2 N–H and O–H groups in total. The Bertz CT molecular complexity index is 493. The quantitative estimate of drug-likeness (QED) is 0.737. The van der Waals surface area contributed by atoms with Gasteiger partial charge in [-0.15, -0.1) is 0 Å². The standard InChI is InChI=1S/C8H7ClN4O/c1-10-8(14)5-2-11-7-4(6(5)9)3-12-13-7/h2-3H,1H3,(H,10,14)(H,11,12,13). The Morgan fingerprint density at radius 3 is 3.07 bits per heavy atom. The van der Waals surface area contributed by atoms with Crippen molar-refractivity contribution in [3.8, 4) is 0 Å². The largest absolute Gasteiger partial charge is 0.355 e. The van der Waals surface area contributed by atoms with Crippen LogP contribution in [0.15, 0.2) is 12.4 Å². The second kappa shape index (κ2) is 3.26. The van der Waals surface area contributed by atoms with Crippen LogP contribution in [-0.4, -0.2) is 28.1 Å². The van der Waals surface area contributed by atoms with E-state index >= 15 is 0 Å². The molecule has 0 radical (unpaired) electrons. The molecule has 0 unspecified atom stereocenters. The zero-order valence-corrected chi connectivity index (χ0v) is 8.09. The van der Waals surface area contributed by atoms with Crippen LogP contribution in [0.3, 0.4) is 0 Å². The molecule has 2 heterocycles. The number of nitrogens with one attached hydrogen (secondary N) is 2. The fraction of sp³-hybridized carbons (Fsp3) is 0.125. The van der Waals surface area contributed by atoms with E-state index in [1.54, 1.807) is 0 Å². The van der Waals surface area contributed by atoms with Crippen molar-refractivity contribution in [1.29, 1.82) is 0 Å². The Morgan fingerprint density at radius 2 is 2.36 bits per heavy atom. The van der Waals surface area contributed by atoms with E-state index in [4.69, 9.17) is 11.6 Å². The lowest BCUT2D eigenvalue weighted by atomic mass is 10.2. The number of rotatable bonds is 1. The van der Waals surface area contributed by atoms with Crippen LogP contribution in [0.2, 0.25) is 5.02 Å². The molecule has 0 saturated carbocycles. The van der Waals surface area contributed by atoms with Gasteiger partial charge in [0.1, 0.15) is 0 Å². The molecule has 0 atom stereocenters. The molecule has 0 spiro atoms. The fourth-order valence-electron chi connectivity index (χ4n) is 1.16. The number of hydrogen-bond donors (Lipinski definition) is 2. The number of carbonyl (C=O) groups is 1. The van der Waals surface area contributed by atoms with Crippen LogP contribution in [0.5, 0.6) is 0 Å². The van der Waals surface area contributed by atoms with Crippen LogP contribution >= 0.6 is 11.6 Å². The molecule has 0 aliphatic carbocycles. The van der Waals surface area contributed by atoms with Crippen molar-refractivity contribution in [3.05, 3.63) is 23.0 Å². The van der Waals surface area contributed by atoms with E-state index in [9.17, 15) is 4.79 Å². The molecule has 0 saturated heterocycles. The molecule has 6 heteroatoms. The molecular weight excluding hydrogens is 204 g/mol. The molecule has 2 aromatic rings. The highest BCUT2D eigenvalue weighted by Gasteiger charge is 2.13. The third-order valence-electron chi connectivity index (χ3n) is 1.89. The first-order valence-electron chi connectivity index (χ1n) is 3.93. The SMILES string of the molecule is CNC(=O)c1cnc2[nH]ncc2c1Cl. The second-order valence-corrected chi connectivity index (χ2v) is 3.08. The summed E-state index contributed by atoms with van der Waals surface area (Å²) in [6.07, 6.45) is 2.96. The highest BCUT2D eigenvalue weighted by molar-refractivity contribution is 6.38. The Hall–Kier alpha value is -1.62. The van der Waals surface area contributed by atoms with Crippen LogP contribution in [0, 0.1) is 0 Å². The van der Waals surface area contributed by atoms with Crippen LogP contribution in [0.1, 0.15) is 10.4 Å². The summed E-state index contributed by atoms with van der Waals surface area (Å²) in [5.74, 6) is -0.259. The maximum Gasteiger partial charge on any atom is 0.254 e. The maximum absolute atomic E-state index is 11.3. The molecular formula is C8H7ClN4O. The number of carbonyl (C=O) groups excluding carboxylic acids is 1. The van der Waals surface area contributed by atoms with Gasteiger partial charge in [-0.2, -0.15) is 5.10 Å². The van der Waals surface area contributed by atoms with E-state index in [-0.39, 0.29) is 5.91 Å². The van der Waals surface area contributed by atoms with Gasteiger partial charge in [0.25, 0.3) is 5.91 Å². The van der Waals surface area contributed by atoms with Crippen molar-refractivity contribution < 1.29 is 4.79 Å². The van der Waals surface area contributed by atoms with Gasteiger partial charge >= 0.3 is 0 Å². The minimum absolute atomic E-state index is 0.259. The first-order chi connectivity index (χ1) is 6.74. The average Bonchev–Trinajstić information content (AvgIpc) is 2.66. The van der Waals surface area contributed by atoms with Gasteiger partial charge in [-0.25, -0.2) is 4.98 Å². The van der Waals surface area contributed by atoms with Crippen LogP contribution in [0.4, 0.5) is 0 Å². The van der Waals surface area contributed by atoms with Gasteiger partial charge < -0.3 is 5.32 Å². The van der Waals surface area contributed by atoms with Gasteiger partial charge in [0.15, 0.2) is 5.65 Å². The summed E-state index contributed by atoms with van der Waals surface area (Å²) in [6.45, 7) is 0. The number of fused-ring (bicyclic) bond motifs is 1. The summed E-state index contributed by atoms with van der Waals surface area (Å²) < 4.78 is 0. The normalized spacial score (nSPS) is 10.4. The van der Waals surface area contributed by atoms with Gasteiger partial charge in [-0.3, -0.25) is 9.89 Å². The van der Waals surface area contributed by atoms with Gasteiger partial charge in [0.05, 0.1) is 22.2 Å². The number of amides is 1. The molecule has 72 valence electrons. The maximum atomic E-state index is 11.3. The molecule has 0 fully saturated rings. The predicted molar refractivity (Wildman–Crippen MR) is 52.3 cm³/mol. The van der Waals surface area contributed by atoms with E-state index < -0.39 is 0 Å². The van der Waals surface area contributed by atoms with E-state index in [0.29, 0.717) is 21.6 Å². The number of nitrogens with zero attached hydrogens (tertiary/aromatic N) is 2. The molecule has 1 amide bonds. The Kier molecular flexibility index (Phi) is 2.09. The molecule has 0 bridgehead atoms. The van der Waals surface area contributed by atoms with Crippen LogP contribution < -0.4 is 5.32 Å². The molecule has 0 aliphatic rings. The van der Waals surface area contributed by atoms with E-state index in [1.165, 1.54) is 19.4 Å². The molecule has 2 rings (SSSR count). The smallest absolute Gasteiger partial charge is 0.254 e. The summed E-state index contributed by atoms with van der Waals surface area (Å²) >= 11 is 6.00. The van der Waals surface area contributed by atoms with Crippen LogP contribution in [-0.2, 0) is 0 Å². The van der Waals surface area contributed by atoms with Crippen LogP contribution in [0.25, 0.3) is 11.0 Å². The van der Waals surface area contributed by atoms with Crippen molar-refractivity contribution in [2.45, 2.75) is 0 Å². The van der Waals surface area contributed by atoms with E-state index in [2.05, 4.69) is 20.5 Å². The predicted octanol–water partition coefficient (Wildman–Crippen LogP) is 0.971. The summed E-state index contributed by atoms with van der Waals surface area (Å²) in [6, 6.07) is 0.